The van der Waals surface area contributed by atoms with Crippen LogP contribution in [-0.4, -0.2) is 19.2 Å². The molecular weight excluding hydrogens is 246 g/mol. The van der Waals surface area contributed by atoms with Crippen molar-refractivity contribution in [2.24, 2.45) is 0 Å². The summed E-state index contributed by atoms with van der Waals surface area (Å²) in [6.07, 6.45) is 3.45. The molecular formula is C15H24ClNO. The summed E-state index contributed by atoms with van der Waals surface area (Å²) in [7, 11) is 0. The zero-order valence-corrected chi connectivity index (χ0v) is 12.4. The molecule has 1 aromatic rings. The van der Waals surface area contributed by atoms with Crippen molar-refractivity contribution in [3.05, 3.63) is 28.8 Å². The molecule has 1 aromatic carbocycles. The summed E-state index contributed by atoms with van der Waals surface area (Å²) in [6, 6.07) is 6.20. The van der Waals surface area contributed by atoms with Gasteiger partial charge in [0, 0.05) is 11.1 Å². The van der Waals surface area contributed by atoms with Crippen LogP contribution in [0.15, 0.2) is 18.2 Å². The van der Waals surface area contributed by atoms with Crippen LogP contribution in [0.3, 0.4) is 0 Å². The largest absolute Gasteiger partial charge is 0.492 e. The lowest BCUT2D eigenvalue weighted by molar-refractivity contribution is 0.254. The number of rotatable bonds is 8. The van der Waals surface area contributed by atoms with Gasteiger partial charge < -0.3 is 10.1 Å². The summed E-state index contributed by atoms with van der Waals surface area (Å²) in [5.41, 5.74) is 1.13. The van der Waals surface area contributed by atoms with Crippen LogP contribution in [0.5, 0.6) is 5.75 Å². The summed E-state index contributed by atoms with van der Waals surface area (Å²) in [5, 5.41) is 4.24. The minimum absolute atomic E-state index is 0.424. The van der Waals surface area contributed by atoms with Crippen molar-refractivity contribution < 1.29 is 4.74 Å². The second-order valence-electron chi connectivity index (χ2n) is 4.66. The van der Waals surface area contributed by atoms with Crippen molar-refractivity contribution in [2.45, 2.75) is 46.1 Å². The van der Waals surface area contributed by atoms with E-state index >= 15 is 0 Å². The lowest BCUT2D eigenvalue weighted by Gasteiger charge is -2.19. The predicted molar refractivity (Wildman–Crippen MR) is 78.7 cm³/mol. The first-order valence-electron chi connectivity index (χ1n) is 6.79. The van der Waals surface area contributed by atoms with E-state index in [-0.39, 0.29) is 0 Å². The Morgan fingerprint density at radius 2 is 2.06 bits per heavy atom. The Balaban J connectivity index is 2.52. The van der Waals surface area contributed by atoms with Crippen LogP contribution in [0.2, 0.25) is 5.02 Å². The fraction of sp³-hybridized carbons (Fsp3) is 0.600. The van der Waals surface area contributed by atoms with E-state index in [1.54, 1.807) is 0 Å². The van der Waals surface area contributed by atoms with Gasteiger partial charge in [-0.05, 0) is 44.0 Å². The monoisotopic (exact) mass is 269 g/mol. The molecule has 0 aliphatic heterocycles. The molecule has 102 valence electrons. The molecule has 0 bridgehead atoms. The molecule has 2 nitrogen and oxygen atoms in total. The van der Waals surface area contributed by atoms with Crippen molar-refractivity contribution in [3.63, 3.8) is 0 Å². The van der Waals surface area contributed by atoms with Gasteiger partial charge >= 0.3 is 0 Å². The minimum atomic E-state index is 0.424. The SMILES string of the molecule is CCCNC(CCC)COc1cc(Cl)ccc1C. The summed E-state index contributed by atoms with van der Waals surface area (Å²) >= 11 is 5.98. The van der Waals surface area contributed by atoms with Crippen LogP contribution in [0.25, 0.3) is 0 Å². The highest BCUT2D eigenvalue weighted by molar-refractivity contribution is 6.30. The van der Waals surface area contributed by atoms with E-state index in [0.29, 0.717) is 12.6 Å². The lowest BCUT2D eigenvalue weighted by atomic mass is 10.1. The third kappa shape index (κ3) is 5.28. The molecule has 3 heteroatoms. The summed E-state index contributed by atoms with van der Waals surface area (Å²) < 4.78 is 5.88. The Labute approximate surface area is 116 Å². The highest BCUT2D eigenvalue weighted by Gasteiger charge is 2.08. The standard InChI is InChI=1S/C15H24ClNO/c1-4-6-14(17-9-5-2)11-18-15-10-13(16)8-7-12(15)3/h7-8,10,14,17H,4-6,9,11H2,1-3H3. The third-order valence-corrected chi connectivity index (χ3v) is 3.15. The molecule has 0 aliphatic rings. The van der Waals surface area contributed by atoms with Gasteiger partial charge in [0.1, 0.15) is 12.4 Å². The third-order valence-electron chi connectivity index (χ3n) is 2.91. The normalized spacial score (nSPS) is 12.4. The Morgan fingerprint density at radius 3 is 2.72 bits per heavy atom. The van der Waals surface area contributed by atoms with Crippen molar-refractivity contribution in [3.8, 4) is 5.75 Å². The quantitative estimate of drug-likeness (QED) is 0.764. The van der Waals surface area contributed by atoms with E-state index in [4.69, 9.17) is 16.3 Å². The number of ether oxygens (including phenoxy) is 1. The van der Waals surface area contributed by atoms with Crippen molar-refractivity contribution in [1.82, 2.24) is 5.32 Å². The molecule has 0 fully saturated rings. The molecule has 0 amide bonds. The lowest BCUT2D eigenvalue weighted by Crippen LogP contribution is -2.35. The number of aryl methyl sites for hydroxylation is 1. The van der Waals surface area contributed by atoms with Gasteiger partial charge in [0.2, 0.25) is 0 Å². The molecule has 0 heterocycles. The van der Waals surface area contributed by atoms with Gasteiger partial charge in [-0.15, -0.1) is 0 Å². The van der Waals surface area contributed by atoms with E-state index in [2.05, 4.69) is 19.2 Å². The van der Waals surface area contributed by atoms with Gasteiger partial charge in [0.05, 0.1) is 0 Å². The first kappa shape index (κ1) is 15.3. The molecule has 1 rings (SSSR count). The molecule has 0 radical (unpaired) electrons. The number of benzene rings is 1. The first-order chi connectivity index (χ1) is 8.67. The smallest absolute Gasteiger partial charge is 0.123 e. The second kappa shape index (κ2) is 8.39. The molecule has 1 N–H and O–H groups in total. The molecule has 1 atom stereocenters. The Kier molecular flexibility index (Phi) is 7.14. The maximum absolute atomic E-state index is 5.98. The van der Waals surface area contributed by atoms with E-state index in [1.807, 2.05) is 25.1 Å². The molecule has 0 aliphatic carbocycles. The van der Waals surface area contributed by atoms with Crippen LogP contribution in [0, 0.1) is 6.92 Å². The minimum Gasteiger partial charge on any atom is -0.492 e. The maximum atomic E-state index is 5.98. The van der Waals surface area contributed by atoms with Crippen LogP contribution in [-0.2, 0) is 0 Å². The topological polar surface area (TPSA) is 21.3 Å². The van der Waals surface area contributed by atoms with Gasteiger partial charge in [-0.2, -0.15) is 0 Å². The molecule has 0 saturated carbocycles. The van der Waals surface area contributed by atoms with Crippen molar-refractivity contribution in [2.75, 3.05) is 13.2 Å². The van der Waals surface area contributed by atoms with E-state index < -0.39 is 0 Å². The van der Waals surface area contributed by atoms with E-state index in [9.17, 15) is 0 Å². The molecule has 1 unspecified atom stereocenters. The zero-order chi connectivity index (χ0) is 13.4. The predicted octanol–water partition coefficient (Wildman–Crippen LogP) is 4.20. The highest BCUT2D eigenvalue weighted by atomic mass is 35.5. The van der Waals surface area contributed by atoms with E-state index in [1.165, 1.54) is 6.42 Å². The van der Waals surface area contributed by atoms with Crippen LogP contribution in [0.1, 0.15) is 38.7 Å². The zero-order valence-electron chi connectivity index (χ0n) is 11.6. The van der Waals surface area contributed by atoms with E-state index in [0.717, 1.165) is 35.7 Å². The van der Waals surface area contributed by atoms with Gasteiger partial charge in [-0.3, -0.25) is 0 Å². The van der Waals surface area contributed by atoms with Crippen molar-refractivity contribution >= 4 is 11.6 Å². The number of nitrogens with one attached hydrogen (secondary N) is 1. The second-order valence-corrected chi connectivity index (χ2v) is 5.10. The average Bonchev–Trinajstić information content (AvgIpc) is 2.36. The fourth-order valence-corrected chi connectivity index (χ4v) is 2.02. The first-order valence-corrected chi connectivity index (χ1v) is 7.17. The van der Waals surface area contributed by atoms with Gasteiger partial charge in [-0.25, -0.2) is 0 Å². The van der Waals surface area contributed by atoms with Gasteiger partial charge in [-0.1, -0.05) is 37.9 Å². The maximum Gasteiger partial charge on any atom is 0.123 e. The number of hydrogen-bond donors (Lipinski definition) is 1. The van der Waals surface area contributed by atoms with Crippen molar-refractivity contribution in [1.29, 1.82) is 0 Å². The molecule has 0 spiro atoms. The molecule has 18 heavy (non-hydrogen) atoms. The summed E-state index contributed by atoms with van der Waals surface area (Å²) in [6.45, 7) is 8.17. The molecule has 0 saturated heterocycles. The summed E-state index contributed by atoms with van der Waals surface area (Å²) in [4.78, 5) is 0. The Hall–Kier alpha value is -0.730. The Morgan fingerprint density at radius 1 is 1.28 bits per heavy atom. The Bertz CT molecular complexity index is 354. The van der Waals surface area contributed by atoms with Crippen LogP contribution < -0.4 is 10.1 Å². The number of halogens is 1. The highest BCUT2D eigenvalue weighted by Crippen LogP contribution is 2.22. The van der Waals surface area contributed by atoms with Crippen LogP contribution >= 0.6 is 11.6 Å². The fourth-order valence-electron chi connectivity index (χ4n) is 1.86. The molecule has 0 aromatic heterocycles. The average molecular weight is 270 g/mol. The number of hydrogen-bond acceptors (Lipinski definition) is 2. The van der Waals surface area contributed by atoms with Crippen LogP contribution in [0.4, 0.5) is 0 Å². The summed E-state index contributed by atoms with van der Waals surface area (Å²) in [5.74, 6) is 0.891. The van der Waals surface area contributed by atoms with Gasteiger partial charge in [0.25, 0.3) is 0 Å². The van der Waals surface area contributed by atoms with Gasteiger partial charge in [0.15, 0.2) is 0 Å².